The minimum absolute atomic E-state index is 0.00898. The van der Waals surface area contributed by atoms with E-state index in [1.54, 1.807) is 32.7 Å². The standard InChI is InChI=1S/C27H32N10O2/c1-17(2)32-22-10-24(37-25-19(13-31-37)9-18(11-28)12-30-25)29-14-21(22)23-16-35(34-33-23)15-20-7-6-8-36(20)26(38)39-27(3,4)5/h9-10,12-14,16-17,20H,6-8,15H2,1-5H3,(H,29,32)/t20-/m1/s1. The third kappa shape index (κ3) is 5.67. The number of amides is 1. The third-order valence-corrected chi connectivity index (χ3v) is 6.31. The topological polar surface area (TPSA) is 140 Å². The van der Waals surface area contributed by atoms with Crippen LogP contribution in [-0.4, -0.2) is 70.0 Å². The molecule has 202 valence electrons. The number of likely N-dealkylation sites (tertiary alicyclic amines) is 1. The van der Waals surface area contributed by atoms with Crippen molar-refractivity contribution >= 4 is 22.8 Å². The van der Waals surface area contributed by atoms with E-state index >= 15 is 0 Å². The number of nitrogens with one attached hydrogen (secondary N) is 1. The molecule has 1 saturated heterocycles. The Morgan fingerprint density at radius 1 is 1.23 bits per heavy atom. The molecule has 5 rings (SSSR count). The van der Waals surface area contributed by atoms with Crippen LogP contribution in [0.25, 0.3) is 28.1 Å². The van der Waals surface area contributed by atoms with Gasteiger partial charge in [-0.2, -0.15) is 15.0 Å². The molecule has 1 N–H and O–H groups in total. The Kier molecular flexibility index (Phi) is 6.91. The first-order chi connectivity index (χ1) is 18.6. The minimum atomic E-state index is -0.540. The van der Waals surface area contributed by atoms with E-state index in [2.05, 4.69) is 50.6 Å². The molecule has 1 atom stereocenters. The van der Waals surface area contributed by atoms with Gasteiger partial charge in [0.25, 0.3) is 0 Å². The highest BCUT2D eigenvalue weighted by molar-refractivity contribution is 5.79. The number of hydrogen-bond acceptors (Lipinski definition) is 9. The predicted octanol–water partition coefficient (Wildman–Crippen LogP) is 4.17. The molecule has 0 spiro atoms. The van der Waals surface area contributed by atoms with Crippen LogP contribution in [-0.2, 0) is 11.3 Å². The molecule has 12 nitrogen and oxygen atoms in total. The molecule has 39 heavy (non-hydrogen) atoms. The summed E-state index contributed by atoms with van der Waals surface area (Å²) >= 11 is 0. The highest BCUT2D eigenvalue weighted by Crippen LogP contribution is 2.29. The minimum Gasteiger partial charge on any atom is -0.444 e. The predicted molar refractivity (Wildman–Crippen MR) is 145 cm³/mol. The summed E-state index contributed by atoms with van der Waals surface area (Å²) in [5.41, 5.74) is 2.84. The first kappa shape index (κ1) is 26.1. The Labute approximate surface area is 226 Å². The van der Waals surface area contributed by atoms with Gasteiger partial charge in [0.2, 0.25) is 0 Å². The molecular weight excluding hydrogens is 496 g/mol. The number of fused-ring (bicyclic) bond motifs is 1. The van der Waals surface area contributed by atoms with Crippen molar-refractivity contribution in [2.24, 2.45) is 0 Å². The smallest absolute Gasteiger partial charge is 0.410 e. The maximum atomic E-state index is 12.7. The molecule has 0 saturated carbocycles. The van der Waals surface area contributed by atoms with E-state index in [0.717, 1.165) is 29.5 Å². The summed E-state index contributed by atoms with van der Waals surface area (Å²) < 4.78 is 9.01. The molecule has 0 bridgehead atoms. The van der Waals surface area contributed by atoms with Crippen molar-refractivity contribution in [3.63, 3.8) is 0 Å². The summed E-state index contributed by atoms with van der Waals surface area (Å²) in [6, 6.07) is 5.90. The zero-order valence-electron chi connectivity index (χ0n) is 22.8. The lowest BCUT2D eigenvalue weighted by atomic mass is 10.1. The monoisotopic (exact) mass is 528 g/mol. The van der Waals surface area contributed by atoms with Gasteiger partial charge in [-0.05, 0) is 53.5 Å². The van der Waals surface area contributed by atoms with Gasteiger partial charge in [-0.1, -0.05) is 5.21 Å². The van der Waals surface area contributed by atoms with E-state index in [9.17, 15) is 4.79 Å². The maximum absolute atomic E-state index is 12.7. The number of hydrogen-bond donors (Lipinski definition) is 1. The van der Waals surface area contributed by atoms with Crippen LogP contribution in [0.2, 0.25) is 0 Å². The van der Waals surface area contributed by atoms with Crippen molar-refractivity contribution in [3.05, 3.63) is 42.5 Å². The van der Waals surface area contributed by atoms with Crippen LogP contribution in [0.15, 0.2) is 36.9 Å². The maximum Gasteiger partial charge on any atom is 0.410 e. The van der Waals surface area contributed by atoms with E-state index in [4.69, 9.17) is 10.00 Å². The molecule has 1 amide bonds. The van der Waals surface area contributed by atoms with Crippen LogP contribution in [0.3, 0.4) is 0 Å². The number of ether oxygens (including phenoxy) is 1. The first-order valence-corrected chi connectivity index (χ1v) is 13.0. The van der Waals surface area contributed by atoms with Gasteiger partial charge < -0.3 is 15.0 Å². The van der Waals surface area contributed by atoms with Crippen LogP contribution >= 0.6 is 0 Å². The number of anilines is 1. The Morgan fingerprint density at radius 2 is 2.05 bits per heavy atom. The zero-order valence-corrected chi connectivity index (χ0v) is 22.8. The van der Waals surface area contributed by atoms with E-state index in [-0.39, 0.29) is 18.2 Å². The molecule has 0 aromatic carbocycles. The summed E-state index contributed by atoms with van der Waals surface area (Å²) in [6.07, 6.45) is 8.33. The molecule has 0 aliphatic carbocycles. The molecular formula is C27H32N10O2. The van der Waals surface area contributed by atoms with Gasteiger partial charge in [-0.3, -0.25) is 0 Å². The van der Waals surface area contributed by atoms with Crippen LogP contribution in [0.4, 0.5) is 10.5 Å². The van der Waals surface area contributed by atoms with Crippen molar-refractivity contribution in [2.75, 3.05) is 11.9 Å². The fourth-order valence-corrected chi connectivity index (χ4v) is 4.66. The Bertz CT molecular complexity index is 1540. The molecule has 4 aromatic heterocycles. The van der Waals surface area contributed by atoms with Crippen molar-refractivity contribution in [3.8, 4) is 23.1 Å². The van der Waals surface area contributed by atoms with Crippen LogP contribution in [0.1, 0.15) is 53.0 Å². The molecule has 12 heteroatoms. The average Bonchev–Trinajstić information content (AvgIpc) is 3.62. The quantitative estimate of drug-likeness (QED) is 0.390. The first-order valence-electron chi connectivity index (χ1n) is 13.0. The molecule has 0 unspecified atom stereocenters. The molecule has 1 fully saturated rings. The second-order valence-corrected chi connectivity index (χ2v) is 11.0. The molecule has 1 aliphatic heterocycles. The number of nitrogens with zero attached hydrogens (tertiary/aromatic N) is 9. The molecule has 5 heterocycles. The van der Waals surface area contributed by atoms with Crippen molar-refractivity contribution < 1.29 is 9.53 Å². The van der Waals surface area contributed by atoms with Gasteiger partial charge in [-0.25, -0.2) is 19.4 Å². The van der Waals surface area contributed by atoms with Gasteiger partial charge in [0.1, 0.15) is 17.4 Å². The summed E-state index contributed by atoms with van der Waals surface area (Å²) in [5.74, 6) is 0.584. The number of carbonyl (C=O) groups excluding carboxylic acids is 1. The number of pyridine rings is 2. The number of aromatic nitrogens is 7. The van der Waals surface area contributed by atoms with Crippen molar-refractivity contribution in [1.82, 2.24) is 39.6 Å². The van der Waals surface area contributed by atoms with Gasteiger partial charge in [-0.15, -0.1) is 5.10 Å². The summed E-state index contributed by atoms with van der Waals surface area (Å²) in [7, 11) is 0. The summed E-state index contributed by atoms with van der Waals surface area (Å²) in [6.45, 7) is 10.9. The number of carbonyl (C=O) groups is 1. The van der Waals surface area contributed by atoms with E-state index in [0.29, 0.717) is 35.8 Å². The number of nitriles is 1. The van der Waals surface area contributed by atoms with E-state index < -0.39 is 5.60 Å². The molecule has 4 aromatic rings. The van der Waals surface area contributed by atoms with Gasteiger partial charge >= 0.3 is 6.09 Å². The van der Waals surface area contributed by atoms with Crippen molar-refractivity contribution in [2.45, 2.75) is 71.7 Å². The Morgan fingerprint density at radius 3 is 2.79 bits per heavy atom. The van der Waals surface area contributed by atoms with Crippen LogP contribution in [0.5, 0.6) is 0 Å². The lowest BCUT2D eigenvalue weighted by molar-refractivity contribution is 0.0211. The van der Waals surface area contributed by atoms with Gasteiger partial charge in [0.15, 0.2) is 11.5 Å². The Balaban J connectivity index is 1.40. The summed E-state index contributed by atoms with van der Waals surface area (Å²) in [5, 5.41) is 26.6. The number of rotatable bonds is 6. The SMILES string of the molecule is CC(C)Nc1cc(-n2ncc3cc(C#N)cnc32)ncc1-c1cn(C[C@H]2CCCN2C(=O)OC(C)(C)C)nn1. The second-order valence-electron chi connectivity index (χ2n) is 11.0. The van der Waals surface area contributed by atoms with Crippen molar-refractivity contribution in [1.29, 1.82) is 5.26 Å². The van der Waals surface area contributed by atoms with Gasteiger partial charge in [0, 0.05) is 47.7 Å². The fourth-order valence-electron chi connectivity index (χ4n) is 4.66. The normalized spacial score (nSPS) is 15.6. The lowest BCUT2D eigenvalue weighted by Gasteiger charge is -2.28. The van der Waals surface area contributed by atoms with E-state index in [1.807, 2.05) is 33.0 Å². The largest absolute Gasteiger partial charge is 0.444 e. The van der Waals surface area contributed by atoms with Crippen LogP contribution in [0, 0.1) is 11.3 Å². The average molecular weight is 529 g/mol. The highest BCUT2D eigenvalue weighted by Gasteiger charge is 2.32. The third-order valence-electron chi connectivity index (χ3n) is 6.31. The fraction of sp³-hybridized carbons (Fsp3) is 0.444. The lowest BCUT2D eigenvalue weighted by Crippen LogP contribution is -2.41. The second kappa shape index (κ2) is 10.3. The molecule has 0 radical (unpaired) electrons. The van der Waals surface area contributed by atoms with Crippen LogP contribution < -0.4 is 5.32 Å². The Hall–Kier alpha value is -4.53. The van der Waals surface area contributed by atoms with Gasteiger partial charge in [0.05, 0.1) is 30.5 Å². The molecule has 1 aliphatic rings. The zero-order chi connectivity index (χ0) is 27.7. The van der Waals surface area contributed by atoms with E-state index in [1.165, 1.54) is 6.20 Å². The highest BCUT2D eigenvalue weighted by atomic mass is 16.6. The summed E-state index contributed by atoms with van der Waals surface area (Å²) in [4.78, 5) is 23.5.